The fourth-order valence-electron chi connectivity index (χ4n) is 2.59. The molecule has 1 atom stereocenters. The Bertz CT molecular complexity index is 745. The van der Waals surface area contributed by atoms with Gasteiger partial charge in [-0.2, -0.15) is 0 Å². The number of hydrogen-bond donors (Lipinski definition) is 0. The molecule has 112 valence electrons. The Labute approximate surface area is 130 Å². The summed E-state index contributed by atoms with van der Waals surface area (Å²) in [6, 6.07) is 6.31. The third-order valence-corrected chi connectivity index (χ3v) is 4.22. The summed E-state index contributed by atoms with van der Waals surface area (Å²) in [5.41, 5.74) is 4.31. The van der Waals surface area contributed by atoms with Crippen LogP contribution in [0.1, 0.15) is 30.4 Å². The Morgan fingerprint density at radius 2 is 2.18 bits per heavy atom. The minimum absolute atomic E-state index is 0.302. The highest BCUT2D eigenvalue weighted by atomic mass is 16.5. The first kappa shape index (κ1) is 13.5. The average molecular weight is 293 g/mol. The first-order valence-electron chi connectivity index (χ1n) is 7.92. The number of aryl methyl sites for hydroxylation is 1. The van der Waals surface area contributed by atoms with Crippen LogP contribution in [0.4, 0.5) is 0 Å². The van der Waals surface area contributed by atoms with Crippen LogP contribution in [0.15, 0.2) is 24.4 Å². The molecule has 2 aliphatic rings. The standard InChI is InChI=1S/C18H19N3O/c1-13-10-15(5-4-14-2-3-14)6-7-17(13)18-12-21(20-19-18)11-16-8-9-22-16/h6-7,10,12,14,16H,2-3,8-9,11H2,1H3. The van der Waals surface area contributed by atoms with Crippen LogP contribution in [0.3, 0.4) is 0 Å². The normalized spacial score (nSPS) is 20.1. The van der Waals surface area contributed by atoms with Gasteiger partial charge in [-0.1, -0.05) is 23.1 Å². The molecule has 1 saturated heterocycles. The van der Waals surface area contributed by atoms with Gasteiger partial charge in [0, 0.05) is 23.7 Å². The van der Waals surface area contributed by atoms with E-state index in [1.165, 1.54) is 18.4 Å². The number of benzene rings is 1. The van der Waals surface area contributed by atoms with Crippen LogP contribution in [0.2, 0.25) is 0 Å². The van der Waals surface area contributed by atoms with Gasteiger partial charge in [0.25, 0.3) is 0 Å². The summed E-state index contributed by atoms with van der Waals surface area (Å²) in [6.07, 6.45) is 5.94. The SMILES string of the molecule is Cc1cc(C#CC2CC2)ccc1-c1cn(CC2CCO2)nn1. The summed E-state index contributed by atoms with van der Waals surface area (Å²) in [6.45, 7) is 3.76. The molecule has 1 aromatic carbocycles. The molecule has 0 spiro atoms. The van der Waals surface area contributed by atoms with Crippen molar-refractivity contribution >= 4 is 0 Å². The van der Waals surface area contributed by atoms with Gasteiger partial charge in [-0.25, -0.2) is 4.68 Å². The van der Waals surface area contributed by atoms with Crippen LogP contribution in [0, 0.1) is 24.7 Å². The van der Waals surface area contributed by atoms with E-state index in [1.54, 1.807) is 0 Å². The zero-order valence-corrected chi connectivity index (χ0v) is 12.7. The zero-order chi connectivity index (χ0) is 14.9. The van der Waals surface area contributed by atoms with Gasteiger partial charge in [0.05, 0.1) is 18.8 Å². The van der Waals surface area contributed by atoms with Crippen molar-refractivity contribution in [2.75, 3.05) is 6.61 Å². The van der Waals surface area contributed by atoms with Crippen LogP contribution in [-0.2, 0) is 11.3 Å². The topological polar surface area (TPSA) is 39.9 Å². The molecule has 1 aliphatic carbocycles. The van der Waals surface area contributed by atoms with E-state index < -0.39 is 0 Å². The predicted molar refractivity (Wildman–Crippen MR) is 84.2 cm³/mol. The monoisotopic (exact) mass is 293 g/mol. The zero-order valence-electron chi connectivity index (χ0n) is 12.7. The highest BCUT2D eigenvalue weighted by Gasteiger charge is 2.19. The van der Waals surface area contributed by atoms with Crippen LogP contribution in [0.5, 0.6) is 0 Å². The Morgan fingerprint density at radius 3 is 2.86 bits per heavy atom. The maximum Gasteiger partial charge on any atom is 0.113 e. The minimum Gasteiger partial charge on any atom is -0.376 e. The Balaban J connectivity index is 1.52. The summed E-state index contributed by atoms with van der Waals surface area (Å²) >= 11 is 0. The van der Waals surface area contributed by atoms with Crippen molar-refractivity contribution in [3.63, 3.8) is 0 Å². The molecule has 0 amide bonds. The van der Waals surface area contributed by atoms with Crippen molar-refractivity contribution < 1.29 is 4.74 Å². The summed E-state index contributed by atoms with van der Waals surface area (Å²) < 4.78 is 7.31. The molecule has 1 unspecified atom stereocenters. The van der Waals surface area contributed by atoms with Crippen molar-refractivity contribution in [3.05, 3.63) is 35.5 Å². The predicted octanol–water partition coefficient (Wildman–Crippen LogP) is 2.80. The Kier molecular flexibility index (Phi) is 3.44. The molecule has 0 bridgehead atoms. The largest absolute Gasteiger partial charge is 0.376 e. The number of aromatic nitrogens is 3. The van der Waals surface area contributed by atoms with E-state index in [-0.39, 0.29) is 0 Å². The minimum atomic E-state index is 0.302. The quantitative estimate of drug-likeness (QED) is 0.817. The lowest BCUT2D eigenvalue weighted by Gasteiger charge is -2.25. The summed E-state index contributed by atoms with van der Waals surface area (Å²) in [7, 11) is 0. The smallest absolute Gasteiger partial charge is 0.113 e. The van der Waals surface area contributed by atoms with E-state index >= 15 is 0 Å². The fraction of sp³-hybridized carbons (Fsp3) is 0.444. The molecule has 1 saturated carbocycles. The second-order valence-electron chi connectivity index (χ2n) is 6.18. The molecule has 0 radical (unpaired) electrons. The summed E-state index contributed by atoms with van der Waals surface area (Å²) in [4.78, 5) is 0. The van der Waals surface area contributed by atoms with E-state index in [0.29, 0.717) is 12.0 Å². The molecule has 4 heteroatoms. The van der Waals surface area contributed by atoms with E-state index in [2.05, 4.69) is 47.3 Å². The first-order chi connectivity index (χ1) is 10.8. The van der Waals surface area contributed by atoms with Crippen LogP contribution in [0.25, 0.3) is 11.3 Å². The Morgan fingerprint density at radius 1 is 1.32 bits per heavy atom. The van der Waals surface area contributed by atoms with Crippen molar-refractivity contribution in [1.29, 1.82) is 0 Å². The highest BCUT2D eigenvalue weighted by molar-refractivity contribution is 5.64. The van der Waals surface area contributed by atoms with Crippen LogP contribution >= 0.6 is 0 Å². The van der Waals surface area contributed by atoms with Crippen molar-refractivity contribution in [1.82, 2.24) is 15.0 Å². The molecular weight excluding hydrogens is 274 g/mol. The van der Waals surface area contributed by atoms with Crippen molar-refractivity contribution in [2.24, 2.45) is 5.92 Å². The van der Waals surface area contributed by atoms with Crippen molar-refractivity contribution in [3.8, 4) is 23.1 Å². The number of nitrogens with zero attached hydrogens (tertiary/aromatic N) is 3. The van der Waals surface area contributed by atoms with Crippen molar-refractivity contribution in [2.45, 2.75) is 38.8 Å². The number of ether oxygens (including phenoxy) is 1. The molecular formula is C18H19N3O. The summed E-state index contributed by atoms with van der Waals surface area (Å²) in [5.74, 6) is 7.20. The average Bonchev–Trinajstić information content (AvgIpc) is 3.19. The van der Waals surface area contributed by atoms with Gasteiger partial charge in [0.1, 0.15) is 5.69 Å². The molecule has 2 heterocycles. The molecule has 1 aromatic heterocycles. The highest BCUT2D eigenvalue weighted by Crippen LogP contribution is 2.28. The number of hydrogen-bond acceptors (Lipinski definition) is 3. The van der Waals surface area contributed by atoms with Crippen LogP contribution < -0.4 is 0 Å². The van der Waals surface area contributed by atoms with Gasteiger partial charge < -0.3 is 4.74 Å². The number of rotatable bonds is 3. The molecule has 2 aromatic rings. The van der Waals surface area contributed by atoms with Gasteiger partial charge in [-0.05, 0) is 43.9 Å². The lowest BCUT2D eigenvalue weighted by Crippen LogP contribution is -2.31. The lowest BCUT2D eigenvalue weighted by atomic mass is 10.0. The van der Waals surface area contributed by atoms with Gasteiger partial charge in [-0.3, -0.25) is 0 Å². The van der Waals surface area contributed by atoms with Crippen LogP contribution in [-0.4, -0.2) is 27.7 Å². The van der Waals surface area contributed by atoms with Gasteiger partial charge in [0.15, 0.2) is 0 Å². The molecule has 2 fully saturated rings. The Hall–Kier alpha value is -2.12. The molecule has 4 nitrogen and oxygen atoms in total. The summed E-state index contributed by atoms with van der Waals surface area (Å²) in [5, 5.41) is 8.50. The van der Waals surface area contributed by atoms with Gasteiger partial charge in [-0.15, -0.1) is 5.10 Å². The molecule has 0 N–H and O–H groups in total. The van der Waals surface area contributed by atoms with E-state index in [1.807, 2.05) is 10.9 Å². The third kappa shape index (κ3) is 2.90. The second kappa shape index (κ2) is 5.58. The fourth-order valence-corrected chi connectivity index (χ4v) is 2.59. The maximum atomic E-state index is 5.44. The van der Waals surface area contributed by atoms with E-state index in [9.17, 15) is 0 Å². The molecule has 1 aliphatic heterocycles. The van der Waals surface area contributed by atoms with Gasteiger partial charge in [0.2, 0.25) is 0 Å². The third-order valence-electron chi connectivity index (χ3n) is 4.22. The van der Waals surface area contributed by atoms with E-state index in [0.717, 1.165) is 36.4 Å². The maximum absolute atomic E-state index is 5.44. The first-order valence-corrected chi connectivity index (χ1v) is 7.92. The lowest BCUT2D eigenvalue weighted by molar-refractivity contribution is -0.0611. The van der Waals surface area contributed by atoms with Gasteiger partial charge >= 0.3 is 0 Å². The van der Waals surface area contributed by atoms with E-state index in [4.69, 9.17) is 4.74 Å². The molecule has 4 rings (SSSR count). The second-order valence-corrected chi connectivity index (χ2v) is 6.18. The molecule has 22 heavy (non-hydrogen) atoms.